The average Bonchev–Trinajstić information content (AvgIpc) is 2.61. The monoisotopic (exact) mass is 344 g/mol. The van der Waals surface area contributed by atoms with Gasteiger partial charge in [0.2, 0.25) is 5.95 Å². The lowest BCUT2D eigenvalue weighted by atomic mass is 9.98. The maximum absolute atomic E-state index is 5.70. The molecule has 0 bridgehead atoms. The summed E-state index contributed by atoms with van der Waals surface area (Å²) in [4.78, 5) is 8.50. The van der Waals surface area contributed by atoms with E-state index in [9.17, 15) is 0 Å². The molecule has 17 heavy (non-hydrogen) atoms. The van der Waals surface area contributed by atoms with Gasteiger partial charge >= 0.3 is 0 Å². The molecule has 0 saturated heterocycles. The third-order valence-electron chi connectivity index (χ3n) is 3.21. The quantitative estimate of drug-likeness (QED) is 0.688. The predicted molar refractivity (Wildman–Crippen MR) is 78.7 cm³/mol. The lowest BCUT2D eigenvalue weighted by Crippen LogP contribution is -2.13. The van der Waals surface area contributed by atoms with Crippen molar-refractivity contribution in [3.63, 3.8) is 0 Å². The van der Waals surface area contributed by atoms with Gasteiger partial charge < -0.3 is 10.3 Å². The first-order chi connectivity index (χ1) is 7.99. The zero-order valence-electron chi connectivity index (χ0n) is 10.3. The minimum absolute atomic E-state index is 0.346. The number of aromatic nitrogens is 3. The van der Waals surface area contributed by atoms with E-state index in [2.05, 4.69) is 70.2 Å². The van der Waals surface area contributed by atoms with Crippen molar-refractivity contribution < 1.29 is 0 Å². The van der Waals surface area contributed by atoms with Gasteiger partial charge in [-0.2, -0.15) is 4.98 Å². The lowest BCUT2D eigenvalue weighted by molar-refractivity contribution is 0.369. The summed E-state index contributed by atoms with van der Waals surface area (Å²) in [7, 11) is 0. The van der Waals surface area contributed by atoms with Gasteiger partial charge in [-0.1, -0.05) is 20.8 Å². The highest BCUT2D eigenvalue weighted by molar-refractivity contribution is 14.1. The normalized spacial score (nSPS) is 13.5. The van der Waals surface area contributed by atoms with Crippen molar-refractivity contribution in [1.82, 2.24) is 14.5 Å². The van der Waals surface area contributed by atoms with E-state index in [-0.39, 0.29) is 0 Å². The molecule has 0 amide bonds. The first-order valence-corrected chi connectivity index (χ1v) is 6.84. The van der Waals surface area contributed by atoms with Gasteiger partial charge in [-0.15, -0.1) is 0 Å². The van der Waals surface area contributed by atoms with E-state index in [1.807, 2.05) is 0 Å². The van der Waals surface area contributed by atoms with Gasteiger partial charge in [0.15, 0.2) is 0 Å². The number of anilines is 1. The fourth-order valence-electron chi connectivity index (χ4n) is 1.71. The van der Waals surface area contributed by atoms with Crippen LogP contribution in [0.4, 0.5) is 5.95 Å². The molecule has 2 aromatic heterocycles. The molecule has 0 spiro atoms. The van der Waals surface area contributed by atoms with Crippen LogP contribution in [0.5, 0.6) is 0 Å². The number of halogens is 1. The zero-order valence-corrected chi connectivity index (χ0v) is 12.5. The molecule has 1 atom stereocenters. The summed E-state index contributed by atoms with van der Waals surface area (Å²) < 4.78 is 3.08. The van der Waals surface area contributed by atoms with E-state index in [0.29, 0.717) is 17.8 Å². The SMILES string of the molecule is CC(C)C(C)Cn1ccc2c(I)nc(N)nc21. The standard InChI is InChI=1S/C12H17IN4/c1-7(2)8(3)6-17-5-4-9-10(13)15-12(14)16-11(9)17/h4-5,7-8H,6H2,1-3H3,(H2,14,15,16). The minimum Gasteiger partial charge on any atom is -0.368 e. The highest BCUT2D eigenvalue weighted by atomic mass is 127. The number of nitrogens with zero attached hydrogens (tertiary/aromatic N) is 3. The van der Waals surface area contributed by atoms with Crippen LogP contribution >= 0.6 is 22.6 Å². The van der Waals surface area contributed by atoms with Crippen LogP contribution in [0.25, 0.3) is 11.0 Å². The van der Waals surface area contributed by atoms with Crippen LogP contribution in [0.3, 0.4) is 0 Å². The van der Waals surface area contributed by atoms with E-state index in [4.69, 9.17) is 5.73 Å². The predicted octanol–water partition coefficient (Wildman–Crippen LogP) is 2.91. The first kappa shape index (κ1) is 12.6. The van der Waals surface area contributed by atoms with Crippen molar-refractivity contribution in [1.29, 1.82) is 0 Å². The second kappa shape index (κ2) is 4.80. The van der Waals surface area contributed by atoms with Crippen molar-refractivity contribution in [2.45, 2.75) is 27.3 Å². The van der Waals surface area contributed by atoms with Gasteiger partial charge in [0.05, 0.1) is 5.39 Å². The van der Waals surface area contributed by atoms with Crippen molar-refractivity contribution >= 4 is 39.6 Å². The Kier molecular flexibility index (Phi) is 3.56. The summed E-state index contributed by atoms with van der Waals surface area (Å²) in [6.07, 6.45) is 2.07. The smallest absolute Gasteiger partial charge is 0.223 e. The maximum atomic E-state index is 5.70. The largest absolute Gasteiger partial charge is 0.368 e. The van der Waals surface area contributed by atoms with E-state index in [0.717, 1.165) is 21.3 Å². The Morgan fingerprint density at radius 2 is 2.06 bits per heavy atom. The molecular weight excluding hydrogens is 327 g/mol. The molecular formula is C12H17IN4. The number of fused-ring (bicyclic) bond motifs is 1. The second-order valence-corrected chi connectivity index (χ2v) is 5.82. The van der Waals surface area contributed by atoms with Gasteiger partial charge in [-0.05, 0) is 40.5 Å². The Morgan fingerprint density at radius 1 is 1.35 bits per heavy atom. The molecule has 0 fully saturated rings. The Hall–Kier alpha value is -0.850. The highest BCUT2D eigenvalue weighted by Gasteiger charge is 2.12. The van der Waals surface area contributed by atoms with Crippen molar-refractivity contribution in [2.24, 2.45) is 11.8 Å². The molecule has 5 heteroatoms. The van der Waals surface area contributed by atoms with E-state index >= 15 is 0 Å². The van der Waals surface area contributed by atoms with Crippen LogP contribution in [0.2, 0.25) is 0 Å². The van der Waals surface area contributed by atoms with Gasteiger partial charge in [-0.25, -0.2) is 4.98 Å². The summed E-state index contributed by atoms with van der Waals surface area (Å²) in [6, 6.07) is 2.06. The summed E-state index contributed by atoms with van der Waals surface area (Å²) in [5.74, 6) is 1.62. The summed E-state index contributed by atoms with van der Waals surface area (Å²) in [6.45, 7) is 7.70. The van der Waals surface area contributed by atoms with Crippen LogP contribution < -0.4 is 5.73 Å². The van der Waals surface area contributed by atoms with Gasteiger partial charge in [0.25, 0.3) is 0 Å². The van der Waals surface area contributed by atoms with Crippen LogP contribution in [0.1, 0.15) is 20.8 Å². The number of rotatable bonds is 3. The summed E-state index contributed by atoms with van der Waals surface area (Å²) >= 11 is 2.20. The average molecular weight is 344 g/mol. The first-order valence-electron chi connectivity index (χ1n) is 5.77. The third-order valence-corrected chi connectivity index (χ3v) is 4.03. The van der Waals surface area contributed by atoms with Crippen LogP contribution in [0.15, 0.2) is 12.3 Å². The Labute approximate surface area is 115 Å². The topological polar surface area (TPSA) is 56.7 Å². The molecule has 0 aliphatic carbocycles. The van der Waals surface area contributed by atoms with E-state index < -0.39 is 0 Å². The van der Waals surface area contributed by atoms with Crippen molar-refractivity contribution in [3.8, 4) is 0 Å². The minimum atomic E-state index is 0.346. The Balaban J connectivity index is 2.42. The number of hydrogen-bond donors (Lipinski definition) is 1. The Morgan fingerprint density at radius 3 is 2.71 bits per heavy atom. The fourth-order valence-corrected chi connectivity index (χ4v) is 2.38. The molecule has 2 aromatic rings. The van der Waals surface area contributed by atoms with Gasteiger partial charge in [0, 0.05) is 12.7 Å². The third kappa shape index (κ3) is 2.53. The molecule has 0 aliphatic rings. The zero-order chi connectivity index (χ0) is 12.6. The summed E-state index contributed by atoms with van der Waals surface area (Å²) in [5.41, 5.74) is 6.64. The van der Waals surface area contributed by atoms with E-state index in [1.165, 1.54) is 0 Å². The molecule has 0 aromatic carbocycles. The van der Waals surface area contributed by atoms with E-state index in [1.54, 1.807) is 0 Å². The van der Waals surface area contributed by atoms with Gasteiger partial charge in [0.1, 0.15) is 9.35 Å². The molecule has 2 rings (SSSR count). The lowest BCUT2D eigenvalue weighted by Gasteiger charge is -2.16. The number of nitrogen functional groups attached to an aromatic ring is 1. The molecule has 0 saturated carbocycles. The Bertz CT molecular complexity index is 533. The summed E-state index contributed by atoms with van der Waals surface area (Å²) in [5, 5.41) is 1.08. The van der Waals surface area contributed by atoms with Crippen molar-refractivity contribution in [3.05, 3.63) is 16.0 Å². The van der Waals surface area contributed by atoms with Crippen LogP contribution in [-0.2, 0) is 6.54 Å². The molecule has 4 nitrogen and oxygen atoms in total. The van der Waals surface area contributed by atoms with Crippen LogP contribution in [0, 0.1) is 15.5 Å². The number of hydrogen-bond acceptors (Lipinski definition) is 3. The fraction of sp³-hybridized carbons (Fsp3) is 0.500. The maximum Gasteiger partial charge on any atom is 0.223 e. The van der Waals surface area contributed by atoms with Crippen molar-refractivity contribution in [2.75, 3.05) is 5.73 Å². The molecule has 2 heterocycles. The molecule has 1 unspecified atom stereocenters. The molecule has 92 valence electrons. The molecule has 0 aliphatic heterocycles. The second-order valence-electron chi connectivity index (χ2n) is 4.80. The highest BCUT2D eigenvalue weighted by Crippen LogP contribution is 2.22. The van der Waals surface area contributed by atoms with Gasteiger partial charge in [-0.3, -0.25) is 0 Å². The number of nitrogens with two attached hydrogens (primary N) is 1. The molecule has 0 radical (unpaired) electrons. The molecule has 2 N–H and O–H groups in total. The van der Waals surface area contributed by atoms with Crippen LogP contribution in [-0.4, -0.2) is 14.5 Å².